The Morgan fingerprint density at radius 1 is 1.06 bits per heavy atom. The Labute approximate surface area is 111 Å². The van der Waals surface area contributed by atoms with Crippen LogP contribution in [0.15, 0.2) is 43.2 Å². The van der Waals surface area contributed by atoms with Crippen LogP contribution in [0.3, 0.4) is 0 Å². The van der Waals surface area contributed by atoms with Gasteiger partial charge in [0.15, 0.2) is 0 Å². The van der Waals surface area contributed by atoms with E-state index in [9.17, 15) is 0 Å². The Balaban J connectivity index is -0.000000215. The van der Waals surface area contributed by atoms with Gasteiger partial charge in [-0.15, -0.1) is 0 Å². The number of aliphatic hydroxyl groups is 1. The van der Waals surface area contributed by atoms with Crippen LogP contribution < -0.4 is 10.4 Å². The second-order valence-electron chi connectivity index (χ2n) is 2.65. The number of phenols is 1. The minimum absolute atomic E-state index is 0.0185. The molecule has 0 spiro atoms. The average molecular weight is 250 g/mol. The zero-order chi connectivity index (χ0) is 15.1. The van der Waals surface area contributed by atoms with E-state index >= 15 is 0 Å². The summed E-state index contributed by atoms with van der Waals surface area (Å²) in [4.78, 5) is 0. The molecule has 0 saturated heterocycles. The molecule has 0 radical (unpaired) electrons. The Kier molecular flexibility index (Phi) is 17.8. The van der Waals surface area contributed by atoms with Crippen LogP contribution in [0.4, 0.5) is 0 Å². The summed E-state index contributed by atoms with van der Waals surface area (Å²) in [5.74, 6) is 0.261. The molecule has 0 saturated carbocycles. The first-order valence-electron chi connectivity index (χ1n) is 5.94. The van der Waals surface area contributed by atoms with Crippen molar-refractivity contribution in [3.8, 4) is 5.75 Å². The van der Waals surface area contributed by atoms with Crippen LogP contribution in [0.5, 0.6) is 5.75 Å². The summed E-state index contributed by atoms with van der Waals surface area (Å²) in [5.41, 5.74) is 0. The molecule has 0 unspecified atom stereocenters. The minimum atomic E-state index is 0.0185. The highest BCUT2D eigenvalue weighted by molar-refractivity contribution is 5.25. The lowest BCUT2D eigenvalue weighted by molar-refractivity contribution is 0.435. The normalized spacial score (nSPS) is 7.11. The molecule has 2 heteroatoms. The van der Waals surface area contributed by atoms with Crippen LogP contribution in [0.25, 0.3) is 13.2 Å². The lowest BCUT2D eigenvalue weighted by Crippen LogP contribution is -2.19. The predicted octanol–water partition coefficient (Wildman–Crippen LogP) is 3.51. The highest BCUT2D eigenvalue weighted by Gasteiger charge is 1.82. The molecule has 0 aliphatic heterocycles. The number of benzene rings is 1. The number of aliphatic hydroxyl groups excluding tert-OH is 1. The smallest absolute Gasteiger partial charge is 0.116 e. The third kappa shape index (κ3) is 14.0. The minimum Gasteiger partial charge on any atom is -0.509 e. The number of allylic oxidation sites excluding steroid dienone is 1. The number of hydrogen-bond acceptors (Lipinski definition) is 2. The first-order chi connectivity index (χ1) is 8.47. The molecule has 0 aliphatic rings. The molecule has 0 heterocycles. The summed E-state index contributed by atoms with van der Waals surface area (Å²) < 4.78 is 0. The van der Waals surface area contributed by atoms with Crippen LogP contribution in [0.1, 0.15) is 27.7 Å². The van der Waals surface area contributed by atoms with E-state index in [1.54, 1.807) is 18.2 Å². The average Bonchev–Trinajstić information content (AvgIpc) is 2.40. The topological polar surface area (TPSA) is 40.5 Å². The van der Waals surface area contributed by atoms with Crippen molar-refractivity contribution in [2.75, 3.05) is 0 Å². The van der Waals surface area contributed by atoms with Crippen molar-refractivity contribution in [2.24, 2.45) is 0 Å². The van der Waals surface area contributed by atoms with Crippen molar-refractivity contribution in [3.63, 3.8) is 0 Å². The van der Waals surface area contributed by atoms with Gasteiger partial charge in [0.25, 0.3) is 0 Å². The quantitative estimate of drug-likeness (QED) is 0.591. The van der Waals surface area contributed by atoms with Gasteiger partial charge in [0.05, 0.1) is 0 Å². The van der Waals surface area contributed by atoms with Crippen LogP contribution in [-0.4, -0.2) is 10.2 Å². The monoisotopic (exact) mass is 250 g/mol. The van der Waals surface area contributed by atoms with Crippen molar-refractivity contribution in [1.82, 2.24) is 0 Å². The van der Waals surface area contributed by atoms with Crippen molar-refractivity contribution in [2.45, 2.75) is 27.7 Å². The zero-order valence-electron chi connectivity index (χ0n) is 12.0. The van der Waals surface area contributed by atoms with E-state index in [0.717, 1.165) is 10.4 Å². The fourth-order valence-corrected chi connectivity index (χ4v) is 0.612. The van der Waals surface area contributed by atoms with Crippen LogP contribution >= 0.6 is 0 Å². The summed E-state index contributed by atoms with van der Waals surface area (Å²) in [5, 5.41) is 18.5. The lowest BCUT2D eigenvalue weighted by Gasteiger charge is -1.87. The highest BCUT2D eigenvalue weighted by atomic mass is 16.3. The molecule has 102 valence electrons. The van der Waals surface area contributed by atoms with Gasteiger partial charge in [-0.1, -0.05) is 60.1 Å². The Morgan fingerprint density at radius 3 is 1.67 bits per heavy atom. The summed E-state index contributed by atoms with van der Waals surface area (Å²) in [6.07, 6.45) is 1.28. The summed E-state index contributed by atoms with van der Waals surface area (Å²) in [6.45, 7) is 21.7. The van der Waals surface area contributed by atoms with Gasteiger partial charge < -0.3 is 10.2 Å². The second kappa shape index (κ2) is 15.0. The van der Waals surface area contributed by atoms with Gasteiger partial charge in [-0.05, 0) is 28.6 Å². The molecule has 0 atom stereocenters. The fourth-order valence-electron chi connectivity index (χ4n) is 0.612. The number of phenolic OH excluding ortho intramolecular Hbond substituents is 1. The van der Waals surface area contributed by atoms with Crippen LogP contribution in [0.2, 0.25) is 0 Å². The molecule has 0 fully saturated rings. The van der Waals surface area contributed by atoms with Crippen LogP contribution in [-0.2, 0) is 0 Å². The molecule has 1 rings (SSSR count). The SMILES string of the molecule is C=CC(=C)O.C=c1ccc(O)cc1=C.CC.CC. The van der Waals surface area contributed by atoms with E-state index in [-0.39, 0.29) is 11.5 Å². The second-order valence-corrected chi connectivity index (χ2v) is 2.65. The first-order valence-corrected chi connectivity index (χ1v) is 5.94. The van der Waals surface area contributed by atoms with E-state index in [4.69, 9.17) is 10.2 Å². The highest BCUT2D eigenvalue weighted by Crippen LogP contribution is 1.96. The van der Waals surface area contributed by atoms with Gasteiger partial charge in [-0.25, -0.2) is 0 Å². The van der Waals surface area contributed by atoms with E-state index in [1.807, 2.05) is 27.7 Å². The Hall–Kier alpha value is -1.96. The number of aromatic hydroxyl groups is 1. The maximum atomic E-state index is 8.87. The van der Waals surface area contributed by atoms with Gasteiger partial charge >= 0.3 is 0 Å². The van der Waals surface area contributed by atoms with Gasteiger partial charge in [-0.3, -0.25) is 0 Å². The molecule has 0 bridgehead atoms. The lowest BCUT2D eigenvalue weighted by atomic mass is 10.2. The number of hydrogen-bond donors (Lipinski definition) is 2. The molecule has 0 aliphatic carbocycles. The van der Waals surface area contributed by atoms with Gasteiger partial charge in [-0.2, -0.15) is 0 Å². The van der Waals surface area contributed by atoms with Gasteiger partial charge in [0.2, 0.25) is 0 Å². The summed E-state index contributed by atoms with van der Waals surface area (Å²) in [6, 6.07) is 4.91. The first kappa shape index (κ1) is 21.3. The summed E-state index contributed by atoms with van der Waals surface area (Å²) in [7, 11) is 0. The van der Waals surface area contributed by atoms with Crippen molar-refractivity contribution in [1.29, 1.82) is 0 Å². The largest absolute Gasteiger partial charge is 0.509 e. The van der Waals surface area contributed by atoms with Gasteiger partial charge in [0.1, 0.15) is 11.5 Å². The van der Waals surface area contributed by atoms with Crippen molar-refractivity contribution in [3.05, 3.63) is 53.6 Å². The molecule has 1 aromatic carbocycles. The van der Waals surface area contributed by atoms with Crippen molar-refractivity contribution >= 4 is 13.2 Å². The fraction of sp³-hybridized carbons (Fsp3) is 0.250. The molecule has 1 aromatic rings. The molecule has 0 aromatic heterocycles. The molecule has 2 N–H and O–H groups in total. The summed E-state index contributed by atoms with van der Waals surface area (Å²) >= 11 is 0. The molecule has 2 nitrogen and oxygen atoms in total. The molecule has 0 amide bonds. The molecular formula is C16H26O2. The zero-order valence-corrected chi connectivity index (χ0v) is 12.0. The predicted molar refractivity (Wildman–Crippen MR) is 83.1 cm³/mol. The van der Waals surface area contributed by atoms with Crippen LogP contribution in [0, 0.1) is 0 Å². The van der Waals surface area contributed by atoms with Crippen molar-refractivity contribution < 1.29 is 10.2 Å². The maximum absolute atomic E-state index is 8.87. The molecule has 18 heavy (non-hydrogen) atoms. The van der Waals surface area contributed by atoms with E-state index in [0.29, 0.717) is 0 Å². The Bertz CT molecular complexity index is 419. The van der Waals surface area contributed by atoms with E-state index in [2.05, 4.69) is 26.3 Å². The Morgan fingerprint density at radius 2 is 1.44 bits per heavy atom. The van der Waals surface area contributed by atoms with Gasteiger partial charge in [0, 0.05) is 0 Å². The standard InChI is InChI=1S/C8H8O.C4H6O.2C2H6/c1-6-3-4-8(9)5-7(6)2;1-3-4(2)5;2*1-2/h3-5,9H,1-2H2;3,5H,1-2H2;2*1-2H3. The van der Waals surface area contributed by atoms with E-state index in [1.165, 1.54) is 6.08 Å². The maximum Gasteiger partial charge on any atom is 0.116 e. The number of rotatable bonds is 1. The third-order valence-electron chi connectivity index (χ3n) is 1.43. The molecular weight excluding hydrogens is 224 g/mol. The third-order valence-corrected chi connectivity index (χ3v) is 1.43. The van der Waals surface area contributed by atoms with E-state index < -0.39 is 0 Å².